The second-order valence-corrected chi connectivity index (χ2v) is 6.43. The number of hydrogen-bond donors (Lipinski definition) is 1. The highest BCUT2D eigenvalue weighted by Gasteiger charge is 2.25. The molecule has 1 atom stereocenters. The number of alkyl carbamates (subject to hydrolysis) is 1. The Hall–Kier alpha value is -3.21. The van der Waals surface area contributed by atoms with E-state index >= 15 is 0 Å². The Morgan fingerprint density at radius 3 is 2.81 bits per heavy atom. The van der Waals surface area contributed by atoms with Crippen molar-refractivity contribution in [3.8, 4) is 11.5 Å². The van der Waals surface area contributed by atoms with Gasteiger partial charge in [0.2, 0.25) is 6.29 Å². The van der Waals surface area contributed by atoms with E-state index in [0.29, 0.717) is 24.5 Å². The van der Waals surface area contributed by atoms with Gasteiger partial charge in [-0.1, -0.05) is 54.6 Å². The topological polar surface area (TPSA) is 56.8 Å². The van der Waals surface area contributed by atoms with Gasteiger partial charge in [-0.05, 0) is 34.4 Å². The van der Waals surface area contributed by atoms with Crippen molar-refractivity contribution in [3.05, 3.63) is 71.8 Å². The summed E-state index contributed by atoms with van der Waals surface area (Å²) in [7, 11) is 1.60. The number of aryl methyl sites for hydroxylation is 1. The van der Waals surface area contributed by atoms with Crippen molar-refractivity contribution in [1.82, 2.24) is 5.32 Å². The summed E-state index contributed by atoms with van der Waals surface area (Å²) in [6.07, 6.45) is 0.267. The van der Waals surface area contributed by atoms with E-state index in [2.05, 4.69) is 17.4 Å². The molecule has 3 aromatic carbocycles. The minimum absolute atomic E-state index is 0.396. The Balaban J connectivity index is 1.39. The maximum Gasteiger partial charge on any atom is 0.410 e. The number of methoxy groups -OCH3 is 1. The van der Waals surface area contributed by atoms with Crippen LogP contribution in [-0.2, 0) is 17.7 Å². The van der Waals surface area contributed by atoms with E-state index < -0.39 is 12.4 Å². The average Bonchev–Trinajstić information content (AvgIpc) is 2.71. The van der Waals surface area contributed by atoms with Gasteiger partial charge in [-0.25, -0.2) is 4.79 Å². The van der Waals surface area contributed by atoms with Gasteiger partial charge in [-0.3, -0.25) is 0 Å². The number of hydrogen-bond acceptors (Lipinski definition) is 4. The predicted molar refractivity (Wildman–Crippen MR) is 103 cm³/mol. The Morgan fingerprint density at radius 1 is 1.11 bits per heavy atom. The van der Waals surface area contributed by atoms with Crippen molar-refractivity contribution >= 4 is 16.9 Å². The molecule has 1 aliphatic heterocycles. The fourth-order valence-corrected chi connectivity index (χ4v) is 3.37. The monoisotopic (exact) mass is 363 g/mol. The van der Waals surface area contributed by atoms with Crippen LogP contribution in [0.3, 0.4) is 0 Å². The molecule has 3 aromatic rings. The second kappa shape index (κ2) is 7.58. The van der Waals surface area contributed by atoms with Crippen LogP contribution in [0.15, 0.2) is 60.7 Å². The number of rotatable bonds is 4. The van der Waals surface area contributed by atoms with Crippen LogP contribution in [0.25, 0.3) is 10.8 Å². The van der Waals surface area contributed by atoms with Crippen LogP contribution in [0.1, 0.15) is 17.5 Å². The van der Waals surface area contributed by atoms with Crippen LogP contribution < -0.4 is 14.8 Å². The number of nitrogens with one attached hydrogen (secondary N) is 1. The lowest BCUT2D eigenvalue weighted by atomic mass is 10.0. The lowest BCUT2D eigenvalue weighted by Crippen LogP contribution is -2.33. The Morgan fingerprint density at radius 2 is 1.93 bits per heavy atom. The fourth-order valence-electron chi connectivity index (χ4n) is 3.37. The molecule has 0 bridgehead atoms. The first-order chi connectivity index (χ1) is 13.2. The molecule has 138 valence electrons. The van der Waals surface area contributed by atoms with Gasteiger partial charge >= 0.3 is 6.09 Å². The van der Waals surface area contributed by atoms with Gasteiger partial charge in [0.05, 0.1) is 7.11 Å². The van der Waals surface area contributed by atoms with E-state index in [0.717, 1.165) is 28.3 Å². The molecule has 4 rings (SSSR count). The number of fused-ring (bicyclic) bond motifs is 2. The molecule has 0 saturated heterocycles. The molecule has 5 heteroatoms. The zero-order valence-corrected chi connectivity index (χ0v) is 15.1. The summed E-state index contributed by atoms with van der Waals surface area (Å²) in [5.74, 6) is 1.30. The van der Waals surface area contributed by atoms with Gasteiger partial charge in [0.15, 0.2) is 11.5 Å². The molecule has 1 N–H and O–H groups in total. The number of carbonyl (C=O) groups excluding carboxylic acids is 1. The number of benzene rings is 3. The molecule has 0 aliphatic carbocycles. The summed E-state index contributed by atoms with van der Waals surface area (Å²) < 4.78 is 16.6. The van der Waals surface area contributed by atoms with E-state index in [1.807, 2.05) is 48.5 Å². The third-order valence-corrected chi connectivity index (χ3v) is 4.72. The van der Waals surface area contributed by atoms with Crippen LogP contribution in [0.5, 0.6) is 11.5 Å². The lowest BCUT2D eigenvalue weighted by Gasteiger charge is -2.26. The van der Waals surface area contributed by atoms with Gasteiger partial charge in [0.25, 0.3) is 0 Å². The molecule has 0 radical (unpaired) electrons. The van der Waals surface area contributed by atoms with Crippen molar-refractivity contribution in [2.75, 3.05) is 7.11 Å². The van der Waals surface area contributed by atoms with Crippen LogP contribution in [0.2, 0.25) is 0 Å². The highest BCUT2D eigenvalue weighted by atomic mass is 16.7. The number of para-hydroxylation sites is 1. The van der Waals surface area contributed by atoms with Crippen molar-refractivity contribution in [1.29, 1.82) is 0 Å². The first-order valence-corrected chi connectivity index (χ1v) is 8.98. The molecule has 27 heavy (non-hydrogen) atoms. The predicted octanol–water partition coefficient (Wildman–Crippen LogP) is 4.43. The summed E-state index contributed by atoms with van der Waals surface area (Å²) in [4.78, 5) is 12.2. The lowest BCUT2D eigenvalue weighted by molar-refractivity contribution is -0.0459. The fraction of sp³-hybridized carbons (Fsp3) is 0.227. The quantitative estimate of drug-likeness (QED) is 0.745. The molecule has 1 aliphatic rings. The van der Waals surface area contributed by atoms with E-state index in [-0.39, 0.29) is 0 Å². The molecule has 0 spiro atoms. The molecule has 0 fully saturated rings. The highest BCUT2D eigenvalue weighted by molar-refractivity contribution is 5.85. The molecule has 1 amide bonds. The van der Waals surface area contributed by atoms with Crippen LogP contribution in [-0.4, -0.2) is 19.5 Å². The van der Waals surface area contributed by atoms with Crippen LogP contribution >= 0.6 is 0 Å². The Kier molecular flexibility index (Phi) is 4.83. The van der Waals surface area contributed by atoms with Crippen molar-refractivity contribution in [3.63, 3.8) is 0 Å². The van der Waals surface area contributed by atoms with E-state index in [4.69, 9.17) is 14.2 Å². The summed E-state index contributed by atoms with van der Waals surface area (Å²) >= 11 is 0. The largest absolute Gasteiger partial charge is 0.493 e. The first kappa shape index (κ1) is 17.2. The maximum atomic E-state index is 12.2. The van der Waals surface area contributed by atoms with Gasteiger partial charge in [-0.2, -0.15) is 0 Å². The zero-order valence-electron chi connectivity index (χ0n) is 15.1. The van der Waals surface area contributed by atoms with Gasteiger partial charge < -0.3 is 19.5 Å². The first-order valence-electron chi connectivity index (χ1n) is 8.98. The number of ether oxygens (including phenoxy) is 3. The van der Waals surface area contributed by atoms with Crippen molar-refractivity contribution < 1.29 is 19.0 Å². The second-order valence-electron chi connectivity index (χ2n) is 6.43. The normalized spacial score (nSPS) is 15.5. The molecule has 1 heterocycles. The van der Waals surface area contributed by atoms with Gasteiger partial charge in [0.1, 0.15) is 0 Å². The molecule has 0 aromatic heterocycles. The van der Waals surface area contributed by atoms with Gasteiger partial charge in [-0.15, -0.1) is 0 Å². The molecule has 1 unspecified atom stereocenters. The summed E-state index contributed by atoms with van der Waals surface area (Å²) in [5.41, 5.74) is 2.10. The van der Waals surface area contributed by atoms with Gasteiger partial charge in [0, 0.05) is 13.0 Å². The summed E-state index contributed by atoms with van der Waals surface area (Å²) in [6, 6.07) is 19.9. The molecule has 5 nitrogen and oxygen atoms in total. The minimum atomic E-state index is -0.624. The molecular formula is C22H21NO4. The Labute approximate surface area is 157 Å². The Bertz CT molecular complexity index is 950. The van der Waals surface area contributed by atoms with E-state index in [1.54, 1.807) is 7.11 Å². The zero-order chi connectivity index (χ0) is 18.6. The van der Waals surface area contributed by atoms with Crippen LogP contribution in [0, 0.1) is 0 Å². The maximum absolute atomic E-state index is 12.2. The average molecular weight is 363 g/mol. The summed E-state index contributed by atoms with van der Waals surface area (Å²) in [6.45, 7) is 0.396. The molecular weight excluding hydrogens is 342 g/mol. The van der Waals surface area contributed by atoms with E-state index in [1.165, 1.54) is 0 Å². The third kappa shape index (κ3) is 3.67. The highest BCUT2D eigenvalue weighted by Crippen LogP contribution is 2.36. The smallest absolute Gasteiger partial charge is 0.410 e. The number of amides is 1. The SMILES string of the molecule is COc1cccc2c1OC(OC(=O)NCc1cccc3ccccc13)CC2. The summed E-state index contributed by atoms with van der Waals surface area (Å²) in [5, 5.41) is 5.08. The number of carbonyl (C=O) groups is 1. The molecule has 0 saturated carbocycles. The van der Waals surface area contributed by atoms with Crippen LogP contribution in [0.4, 0.5) is 4.79 Å². The minimum Gasteiger partial charge on any atom is -0.493 e. The van der Waals surface area contributed by atoms with E-state index in [9.17, 15) is 4.79 Å². The standard InChI is InChI=1S/C22H21NO4/c1-25-19-11-5-8-16-12-13-20(26-21(16)19)27-22(24)23-14-17-9-4-7-15-6-2-3-10-18(15)17/h2-11,20H,12-14H2,1H3,(H,23,24). The third-order valence-electron chi connectivity index (χ3n) is 4.72. The van der Waals surface area contributed by atoms with Crippen molar-refractivity contribution in [2.24, 2.45) is 0 Å². The van der Waals surface area contributed by atoms with Crippen molar-refractivity contribution in [2.45, 2.75) is 25.7 Å².